The molecule has 0 aromatic rings. The first-order chi connectivity index (χ1) is 8.14. The van der Waals surface area contributed by atoms with Gasteiger partial charge in [-0.3, -0.25) is 0 Å². The standard InChI is InChI=1S/C10H23NO6/c1-16-2-3-17-5-9(15)4-11-10(6-12,7-13)8-14/h9,11-15H,2-8H2,1H3. The van der Waals surface area contributed by atoms with Crippen molar-refractivity contribution in [2.75, 3.05) is 53.3 Å². The average molecular weight is 253 g/mol. The first kappa shape index (κ1) is 16.7. The molecule has 17 heavy (non-hydrogen) atoms. The smallest absolute Gasteiger partial charge is 0.0897 e. The van der Waals surface area contributed by atoms with Crippen LogP contribution >= 0.6 is 0 Å². The Balaban J connectivity index is 3.76. The summed E-state index contributed by atoms with van der Waals surface area (Å²) in [5, 5.41) is 39.3. The van der Waals surface area contributed by atoms with E-state index in [2.05, 4.69) is 5.32 Å². The second-order valence-electron chi connectivity index (χ2n) is 3.86. The van der Waals surface area contributed by atoms with Gasteiger partial charge in [-0.25, -0.2) is 0 Å². The van der Waals surface area contributed by atoms with Crippen molar-refractivity contribution < 1.29 is 29.9 Å². The maximum atomic E-state index is 9.53. The minimum Gasteiger partial charge on any atom is -0.394 e. The molecule has 0 bridgehead atoms. The van der Waals surface area contributed by atoms with Crippen molar-refractivity contribution in [1.82, 2.24) is 5.32 Å². The van der Waals surface area contributed by atoms with Crippen molar-refractivity contribution in [2.24, 2.45) is 0 Å². The van der Waals surface area contributed by atoms with E-state index in [1.807, 2.05) is 0 Å². The Bertz CT molecular complexity index is 168. The second kappa shape index (κ2) is 9.72. The van der Waals surface area contributed by atoms with Crippen LogP contribution in [0.1, 0.15) is 0 Å². The Kier molecular flexibility index (Phi) is 9.56. The SMILES string of the molecule is COCCOCC(O)CNC(CO)(CO)CO. The molecule has 0 rings (SSSR count). The van der Waals surface area contributed by atoms with Gasteiger partial charge in [0, 0.05) is 13.7 Å². The van der Waals surface area contributed by atoms with Gasteiger partial charge < -0.3 is 35.2 Å². The topological polar surface area (TPSA) is 111 Å². The zero-order valence-electron chi connectivity index (χ0n) is 10.1. The molecule has 0 aliphatic heterocycles. The van der Waals surface area contributed by atoms with Gasteiger partial charge in [0.15, 0.2) is 0 Å². The normalized spacial score (nSPS) is 13.9. The molecule has 0 saturated carbocycles. The summed E-state index contributed by atoms with van der Waals surface area (Å²) < 4.78 is 9.87. The van der Waals surface area contributed by atoms with Gasteiger partial charge >= 0.3 is 0 Å². The number of ether oxygens (including phenoxy) is 2. The van der Waals surface area contributed by atoms with E-state index in [9.17, 15) is 5.11 Å². The van der Waals surface area contributed by atoms with Gasteiger partial charge in [-0.15, -0.1) is 0 Å². The van der Waals surface area contributed by atoms with Crippen LogP contribution < -0.4 is 5.32 Å². The van der Waals surface area contributed by atoms with Crippen molar-refractivity contribution >= 4 is 0 Å². The van der Waals surface area contributed by atoms with E-state index in [0.717, 1.165) is 0 Å². The van der Waals surface area contributed by atoms with E-state index >= 15 is 0 Å². The van der Waals surface area contributed by atoms with Crippen LogP contribution in [0.5, 0.6) is 0 Å². The largest absolute Gasteiger partial charge is 0.394 e. The van der Waals surface area contributed by atoms with Gasteiger partial charge in [-0.05, 0) is 0 Å². The van der Waals surface area contributed by atoms with Crippen molar-refractivity contribution in [3.63, 3.8) is 0 Å². The van der Waals surface area contributed by atoms with E-state index in [4.69, 9.17) is 24.8 Å². The molecule has 0 aromatic carbocycles. The van der Waals surface area contributed by atoms with Crippen LogP contribution in [0, 0.1) is 0 Å². The summed E-state index contributed by atoms with van der Waals surface area (Å²) in [5.41, 5.74) is -1.17. The molecular weight excluding hydrogens is 230 g/mol. The van der Waals surface area contributed by atoms with Gasteiger partial charge in [0.2, 0.25) is 0 Å². The molecule has 7 heteroatoms. The molecule has 0 spiro atoms. The quantitative estimate of drug-likeness (QED) is 0.255. The Morgan fingerprint density at radius 1 is 1.12 bits per heavy atom. The molecule has 0 radical (unpaired) electrons. The fraction of sp³-hybridized carbons (Fsp3) is 1.00. The molecule has 1 unspecified atom stereocenters. The lowest BCUT2D eigenvalue weighted by Crippen LogP contribution is -2.57. The number of aliphatic hydroxyl groups excluding tert-OH is 4. The fourth-order valence-electron chi connectivity index (χ4n) is 1.07. The lowest BCUT2D eigenvalue weighted by molar-refractivity contribution is -0.00251. The van der Waals surface area contributed by atoms with Crippen molar-refractivity contribution in [3.05, 3.63) is 0 Å². The molecule has 7 nitrogen and oxygen atoms in total. The average Bonchev–Trinajstić information content (AvgIpc) is 2.37. The highest BCUT2D eigenvalue weighted by molar-refractivity contribution is 4.86. The number of aliphatic hydroxyl groups is 4. The maximum Gasteiger partial charge on any atom is 0.0897 e. The van der Waals surface area contributed by atoms with Crippen molar-refractivity contribution in [2.45, 2.75) is 11.6 Å². The summed E-state index contributed by atoms with van der Waals surface area (Å²) in [4.78, 5) is 0. The third kappa shape index (κ3) is 6.89. The second-order valence-corrected chi connectivity index (χ2v) is 3.86. The van der Waals surface area contributed by atoms with Crippen molar-refractivity contribution in [3.8, 4) is 0 Å². The van der Waals surface area contributed by atoms with Crippen molar-refractivity contribution in [1.29, 1.82) is 0 Å². The summed E-state index contributed by atoms with van der Waals surface area (Å²) in [6, 6.07) is 0. The minimum absolute atomic E-state index is 0.106. The highest BCUT2D eigenvalue weighted by Gasteiger charge is 2.27. The molecule has 1 atom stereocenters. The van der Waals surface area contributed by atoms with E-state index in [0.29, 0.717) is 13.2 Å². The van der Waals surface area contributed by atoms with Crippen LogP contribution in [0.3, 0.4) is 0 Å². The molecule has 0 aromatic heterocycles. The number of β-amino-alcohol motifs (C(OH)–C–C–N with tert-alkyl or cyclic N) is 1. The molecule has 104 valence electrons. The molecule has 0 fully saturated rings. The Morgan fingerprint density at radius 3 is 2.18 bits per heavy atom. The van der Waals surface area contributed by atoms with Gasteiger partial charge in [0.05, 0.1) is 51.3 Å². The Morgan fingerprint density at radius 2 is 1.71 bits per heavy atom. The number of nitrogens with one attached hydrogen (secondary N) is 1. The van der Waals surface area contributed by atoms with Crippen LogP contribution in [0.4, 0.5) is 0 Å². The van der Waals surface area contributed by atoms with Gasteiger partial charge in [-0.1, -0.05) is 0 Å². The molecular formula is C10H23NO6. The maximum absolute atomic E-state index is 9.53. The molecule has 0 aliphatic carbocycles. The third-order valence-electron chi connectivity index (χ3n) is 2.36. The number of methoxy groups -OCH3 is 1. The molecule has 0 aliphatic rings. The summed E-state index contributed by atoms with van der Waals surface area (Å²) in [6.45, 7) is -0.193. The van der Waals surface area contributed by atoms with Crippen LogP contribution in [0.15, 0.2) is 0 Å². The summed E-state index contributed by atoms with van der Waals surface area (Å²) >= 11 is 0. The van der Waals surface area contributed by atoms with Crippen LogP contribution in [-0.2, 0) is 9.47 Å². The molecule has 0 heterocycles. The Labute approximate surface area is 101 Å². The van der Waals surface area contributed by atoms with Crippen LogP contribution in [0.25, 0.3) is 0 Å². The minimum atomic E-state index is -1.17. The zero-order valence-corrected chi connectivity index (χ0v) is 10.1. The van der Waals surface area contributed by atoms with Gasteiger partial charge in [0.1, 0.15) is 0 Å². The number of rotatable bonds is 11. The predicted molar refractivity (Wildman–Crippen MR) is 60.7 cm³/mol. The highest BCUT2D eigenvalue weighted by Crippen LogP contribution is 2.01. The third-order valence-corrected chi connectivity index (χ3v) is 2.36. The van der Waals surface area contributed by atoms with E-state index in [1.165, 1.54) is 0 Å². The van der Waals surface area contributed by atoms with Crippen LogP contribution in [-0.4, -0.2) is 85.4 Å². The van der Waals surface area contributed by atoms with E-state index < -0.39 is 31.5 Å². The monoisotopic (exact) mass is 253 g/mol. The number of hydrogen-bond donors (Lipinski definition) is 5. The summed E-state index contributed by atoms with van der Waals surface area (Å²) in [7, 11) is 1.56. The summed E-state index contributed by atoms with van der Waals surface area (Å²) in [5.74, 6) is 0. The Hall–Kier alpha value is -0.280. The van der Waals surface area contributed by atoms with Crippen LogP contribution in [0.2, 0.25) is 0 Å². The fourth-order valence-corrected chi connectivity index (χ4v) is 1.07. The zero-order chi connectivity index (χ0) is 13.1. The highest BCUT2D eigenvalue weighted by atomic mass is 16.5. The molecule has 0 amide bonds. The van der Waals surface area contributed by atoms with Gasteiger partial charge in [0.25, 0.3) is 0 Å². The molecule has 5 N–H and O–H groups in total. The van der Waals surface area contributed by atoms with Gasteiger partial charge in [-0.2, -0.15) is 0 Å². The summed E-state index contributed by atoms with van der Waals surface area (Å²) in [6.07, 6.45) is -0.782. The lowest BCUT2D eigenvalue weighted by atomic mass is 10.0. The van der Waals surface area contributed by atoms with E-state index in [1.54, 1.807) is 7.11 Å². The lowest BCUT2D eigenvalue weighted by Gasteiger charge is -2.29. The molecule has 0 saturated heterocycles. The predicted octanol–water partition coefficient (Wildman–Crippen LogP) is -2.68. The van der Waals surface area contributed by atoms with E-state index in [-0.39, 0.29) is 13.2 Å². The first-order valence-corrected chi connectivity index (χ1v) is 5.46. The number of hydrogen-bond acceptors (Lipinski definition) is 7. The first-order valence-electron chi connectivity index (χ1n) is 5.46.